The summed E-state index contributed by atoms with van der Waals surface area (Å²) in [5.41, 5.74) is 12.1. The second-order valence-electron chi connectivity index (χ2n) is 9.15. The van der Waals surface area contributed by atoms with E-state index >= 15 is 0 Å². The Balaban J connectivity index is 2.66. The summed E-state index contributed by atoms with van der Waals surface area (Å²) in [5, 5.41) is 0. The third-order valence-corrected chi connectivity index (χ3v) is 33.1. The first-order valence-corrected chi connectivity index (χ1v) is 25.7. The zero-order valence-electron chi connectivity index (χ0n) is 19.7. The van der Waals surface area contributed by atoms with Crippen molar-refractivity contribution in [2.75, 3.05) is 0 Å². The van der Waals surface area contributed by atoms with Gasteiger partial charge < -0.3 is 0 Å². The Morgan fingerprint density at radius 2 is 0.567 bits per heavy atom. The maximum absolute atomic E-state index is 4.61. The topological polar surface area (TPSA) is 0 Å². The van der Waals surface area contributed by atoms with Crippen molar-refractivity contribution in [2.45, 2.75) is 62.3 Å². The summed E-state index contributed by atoms with van der Waals surface area (Å²) in [7, 11) is 0. The Hall–Kier alpha value is -0.562. The maximum atomic E-state index is 4.61. The molecule has 160 valence electrons. The van der Waals surface area contributed by atoms with Crippen LogP contribution in [0.15, 0.2) is 36.4 Å². The molecule has 3 heteroatoms. The van der Waals surface area contributed by atoms with Crippen LogP contribution in [0.3, 0.4) is 0 Å². The summed E-state index contributed by atoms with van der Waals surface area (Å²) < 4.78 is 4.41. The molecule has 0 aliphatic heterocycles. The Kier molecular flexibility index (Phi) is 6.50. The van der Waals surface area contributed by atoms with E-state index in [0.717, 1.165) is 0 Å². The first kappa shape index (κ1) is 24.1. The zero-order valence-corrected chi connectivity index (χ0v) is 25.4. The fraction of sp³-hybridized carbons (Fsp3) is 0.333. The Bertz CT molecular complexity index is 956. The van der Waals surface area contributed by atoms with Gasteiger partial charge in [-0.25, -0.2) is 0 Å². The van der Waals surface area contributed by atoms with Gasteiger partial charge in [-0.2, -0.15) is 0 Å². The number of halogens is 2. The average molecular weight is 639 g/mol. The van der Waals surface area contributed by atoms with Crippen LogP contribution in [0.2, 0.25) is 0 Å². The van der Waals surface area contributed by atoms with E-state index in [1.54, 1.807) is 0 Å². The van der Waals surface area contributed by atoms with E-state index in [-0.39, 0.29) is 0 Å². The van der Waals surface area contributed by atoms with Gasteiger partial charge in [0.2, 0.25) is 0 Å². The average Bonchev–Trinajstić information content (AvgIpc) is 2.50. The van der Waals surface area contributed by atoms with Gasteiger partial charge in [0, 0.05) is 0 Å². The van der Waals surface area contributed by atoms with Gasteiger partial charge in [0.15, 0.2) is 0 Å². The molecule has 0 heterocycles. The van der Waals surface area contributed by atoms with E-state index in [1.807, 2.05) is 0 Å². The van der Waals surface area contributed by atoms with E-state index in [1.165, 1.54) is 60.6 Å². The molecule has 0 spiro atoms. The van der Waals surface area contributed by atoms with Crippen molar-refractivity contribution in [3.05, 3.63) is 86.5 Å². The molecule has 0 aliphatic rings. The molecule has 3 rings (SSSR count). The summed E-state index contributed by atoms with van der Waals surface area (Å²) in [4.78, 5) is 0. The van der Waals surface area contributed by atoms with Crippen molar-refractivity contribution >= 4 is 48.6 Å². The van der Waals surface area contributed by atoms with Crippen molar-refractivity contribution in [3.8, 4) is 0 Å². The molecule has 0 amide bonds. The summed E-state index contributed by atoms with van der Waals surface area (Å²) in [5.74, 6) is 0. The van der Waals surface area contributed by atoms with Gasteiger partial charge in [0.1, 0.15) is 0 Å². The first-order chi connectivity index (χ1) is 13.8. The fourth-order valence-electron chi connectivity index (χ4n) is 5.71. The van der Waals surface area contributed by atoms with E-state index in [9.17, 15) is 0 Å². The third kappa shape index (κ3) is 3.76. The fourth-order valence-corrected chi connectivity index (χ4v) is 41.9. The molecular weight excluding hydrogens is 606 g/mol. The molecule has 0 N–H and O–H groups in total. The van der Waals surface area contributed by atoms with Gasteiger partial charge in [-0.05, 0) is 0 Å². The molecular formula is C27H33Br2Sb. The summed E-state index contributed by atoms with van der Waals surface area (Å²) >= 11 is 5.01. The van der Waals surface area contributed by atoms with Crippen LogP contribution in [0.5, 0.6) is 0 Å². The van der Waals surface area contributed by atoms with Crippen molar-refractivity contribution in [3.63, 3.8) is 0 Å². The Morgan fingerprint density at radius 1 is 0.400 bits per heavy atom. The van der Waals surface area contributed by atoms with Gasteiger partial charge in [0.05, 0.1) is 0 Å². The van der Waals surface area contributed by atoms with Gasteiger partial charge in [-0.15, -0.1) is 0 Å². The minimum absolute atomic E-state index is 1.32. The zero-order chi connectivity index (χ0) is 22.6. The number of benzene rings is 3. The molecule has 0 saturated carbocycles. The summed E-state index contributed by atoms with van der Waals surface area (Å²) in [6.45, 7) is 20.3. The molecule has 0 radical (unpaired) electrons. The molecule has 0 fully saturated rings. The molecule has 3 aromatic carbocycles. The van der Waals surface area contributed by atoms with Crippen molar-refractivity contribution in [1.29, 1.82) is 0 Å². The number of hydrogen-bond acceptors (Lipinski definition) is 0. The van der Waals surface area contributed by atoms with E-state index in [4.69, 9.17) is 0 Å². The third-order valence-electron chi connectivity index (χ3n) is 6.08. The molecule has 3 aromatic rings. The molecule has 0 unspecified atom stereocenters. The molecule has 0 nitrogen and oxygen atoms in total. The molecule has 0 bridgehead atoms. The van der Waals surface area contributed by atoms with E-state index < -0.39 is 12.9 Å². The molecule has 0 atom stereocenters. The second kappa shape index (κ2) is 8.09. The monoisotopic (exact) mass is 636 g/mol. The van der Waals surface area contributed by atoms with Crippen LogP contribution in [0.4, 0.5) is 0 Å². The first-order valence-electron chi connectivity index (χ1n) is 10.5. The SMILES string of the molecule is Cc1cc(C)[c]([Sb]([Br])([Br])([c]2c(C)cc(C)cc2C)[c]2c(C)cc(C)cc2C)c(C)c1. The summed E-state index contributed by atoms with van der Waals surface area (Å²) in [6.07, 6.45) is 0. The van der Waals surface area contributed by atoms with Crippen LogP contribution in [-0.4, -0.2) is 12.9 Å². The Morgan fingerprint density at radius 3 is 0.733 bits per heavy atom. The van der Waals surface area contributed by atoms with Crippen LogP contribution in [0, 0.1) is 62.3 Å². The minimum atomic E-state index is -4.21. The molecule has 0 saturated heterocycles. The molecule has 0 aromatic heterocycles. The second-order valence-corrected chi connectivity index (χ2v) is 43.6. The molecule has 30 heavy (non-hydrogen) atoms. The van der Waals surface area contributed by atoms with E-state index in [2.05, 4.69) is 124 Å². The normalized spacial score (nSPS) is 13.2. The van der Waals surface area contributed by atoms with Gasteiger partial charge >= 0.3 is 197 Å². The molecule has 0 aliphatic carbocycles. The van der Waals surface area contributed by atoms with E-state index in [0.29, 0.717) is 0 Å². The van der Waals surface area contributed by atoms with Gasteiger partial charge in [-0.3, -0.25) is 0 Å². The van der Waals surface area contributed by atoms with Crippen molar-refractivity contribution < 1.29 is 0 Å². The van der Waals surface area contributed by atoms with Crippen LogP contribution >= 0.6 is 25.2 Å². The number of aryl methyl sites for hydroxylation is 9. The van der Waals surface area contributed by atoms with Crippen LogP contribution in [0.25, 0.3) is 0 Å². The Labute approximate surface area is 195 Å². The predicted octanol–water partition coefficient (Wildman–Crippen LogP) is 6.67. The predicted molar refractivity (Wildman–Crippen MR) is 144 cm³/mol. The van der Waals surface area contributed by atoms with Crippen LogP contribution in [-0.2, 0) is 0 Å². The van der Waals surface area contributed by atoms with Crippen LogP contribution < -0.4 is 10.5 Å². The van der Waals surface area contributed by atoms with Crippen molar-refractivity contribution in [2.24, 2.45) is 0 Å². The van der Waals surface area contributed by atoms with Crippen LogP contribution in [0.1, 0.15) is 50.1 Å². The van der Waals surface area contributed by atoms with Gasteiger partial charge in [-0.1, -0.05) is 0 Å². The standard InChI is InChI=1S/3C9H11.2BrH.Sb/c3*1-7-4-8(2)6-9(3)5-7;;;/h3*4-5H,1-3H3;2*1H;/q;;;;;+2/p-2. The van der Waals surface area contributed by atoms with Gasteiger partial charge in [0.25, 0.3) is 0 Å². The van der Waals surface area contributed by atoms with Crippen molar-refractivity contribution in [1.82, 2.24) is 0 Å². The quantitative estimate of drug-likeness (QED) is 0.281. The number of hydrogen-bond donors (Lipinski definition) is 0. The summed E-state index contributed by atoms with van der Waals surface area (Å²) in [6, 6.07) is 14.0. The number of rotatable bonds is 3.